The second-order valence-electron chi connectivity index (χ2n) is 4.07. The summed E-state index contributed by atoms with van der Waals surface area (Å²) in [4.78, 5) is 8.82. The van der Waals surface area contributed by atoms with Crippen molar-refractivity contribution in [3.05, 3.63) is 17.6 Å². The molecule has 0 amide bonds. The third kappa shape index (κ3) is 5.42. The van der Waals surface area contributed by atoms with Crippen molar-refractivity contribution in [3.8, 4) is 0 Å². The molecule has 0 spiro atoms. The summed E-state index contributed by atoms with van der Waals surface area (Å²) in [5, 5.41) is 3.26. The molecule has 5 nitrogen and oxygen atoms in total. The summed E-state index contributed by atoms with van der Waals surface area (Å²) in [7, 11) is 1.66. The molecule has 1 aromatic heterocycles. The van der Waals surface area contributed by atoms with Crippen LogP contribution in [0.4, 0.5) is 5.82 Å². The zero-order chi connectivity index (χ0) is 13.2. The Balaban J connectivity index is 2.70. The first-order chi connectivity index (χ1) is 8.80. The predicted molar refractivity (Wildman–Crippen MR) is 71.5 cm³/mol. The molecule has 0 aliphatic heterocycles. The van der Waals surface area contributed by atoms with Crippen molar-refractivity contribution in [2.24, 2.45) is 0 Å². The minimum Gasteiger partial charge on any atom is -0.378 e. The summed E-state index contributed by atoms with van der Waals surface area (Å²) in [6.45, 7) is 6.77. The largest absolute Gasteiger partial charge is 0.378 e. The van der Waals surface area contributed by atoms with Crippen LogP contribution in [0.3, 0.4) is 0 Å². The van der Waals surface area contributed by atoms with E-state index in [9.17, 15) is 0 Å². The third-order valence-corrected chi connectivity index (χ3v) is 2.25. The normalized spacial score (nSPS) is 10.6. The molecule has 0 fully saturated rings. The van der Waals surface area contributed by atoms with Crippen molar-refractivity contribution in [1.29, 1.82) is 0 Å². The summed E-state index contributed by atoms with van der Waals surface area (Å²) in [6.07, 6.45) is 2.06. The van der Waals surface area contributed by atoms with Gasteiger partial charge in [-0.05, 0) is 12.8 Å². The fraction of sp³-hybridized carbons (Fsp3) is 0.692. The van der Waals surface area contributed by atoms with E-state index in [2.05, 4.69) is 29.1 Å². The molecule has 1 rings (SSSR count). The second-order valence-corrected chi connectivity index (χ2v) is 4.07. The van der Waals surface area contributed by atoms with Crippen molar-refractivity contribution in [2.75, 3.05) is 25.6 Å². The number of ether oxygens (including phenoxy) is 2. The molecule has 1 N–H and O–H groups in total. The monoisotopic (exact) mass is 253 g/mol. The standard InChI is InChI=1S/C13H23N3O2/c1-4-6-14-12-8-11(9-17-3)15-13(16-12)10-18-7-5-2/h8H,4-7,9-10H2,1-3H3,(H,14,15,16). The van der Waals surface area contributed by atoms with E-state index in [1.54, 1.807) is 7.11 Å². The van der Waals surface area contributed by atoms with Crippen molar-refractivity contribution < 1.29 is 9.47 Å². The van der Waals surface area contributed by atoms with E-state index in [1.807, 2.05) is 6.07 Å². The molecule has 0 unspecified atom stereocenters. The highest BCUT2D eigenvalue weighted by atomic mass is 16.5. The van der Waals surface area contributed by atoms with Crippen molar-refractivity contribution in [1.82, 2.24) is 9.97 Å². The predicted octanol–water partition coefficient (Wildman–Crippen LogP) is 2.37. The molecule has 0 saturated carbocycles. The fourth-order valence-corrected chi connectivity index (χ4v) is 1.49. The first kappa shape index (κ1) is 14.9. The van der Waals surface area contributed by atoms with E-state index < -0.39 is 0 Å². The van der Waals surface area contributed by atoms with Gasteiger partial charge in [-0.15, -0.1) is 0 Å². The van der Waals surface area contributed by atoms with Crippen molar-refractivity contribution >= 4 is 5.82 Å². The number of rotatable bonds is 9. The number of methoxy groups -OCH3 is 1. The summed E-state index contributed by atoms with van der Waals surface area (Å²) in [5.74, 6) is 1.55. The van der Waals surface area contributed by atoms with Crippen LogP contribution in [0.25, 0.3) is 0 Å². The van der Waals surface area contributed by atoms with Crippen LogP contribution in [0.15, 0.2) is 6.07 Å². The van der Waals surface area contributed by atoms with Crippen molar-refractivity contribution in [2.45, 2.75) is 39.9 Å². The number of hydrogen-bond donors (Lipinski definition) is 1. The van der Waals surface area contributed by atoms with Gasteiger partial charge in [0.2, 0.25) is 0 Å². The summed E-state index contributed by atoms with van der Waals surface area (Å²) in [5.41, 5.74) is 0.876. The smallest absolute Gasteiger partial charge is 0.156 e. The molecule has 102 valence electrons. The first-order valence-electron chi connectivity index (χ1n) is 6.47. The highest BCUT2D eigenvalue weighted by Crippen LogP contribution is 2.09. The molecule has 1 aromatic rings. The fourth-order valence-electron chi connectivity index (χ4n) is 1.49. The Morgan fingerprint density at radius 3 is 2.67 bits per heavy atom. The Hall–Kier alpha value is -1.20. The summed E-state index contributed by atoms with van der Waals surface area (Å²) < 4.78 is 10.6. The quantitative estimate of drug-likeness (QED) is 0.685. The first-order valence-corrected chi connectivity index (χ1v) is 6.47. The lowest BCUT2D eigenvalue weighted by Gasteiger charge is -2.09. The van der Waals surface area contributed by atoms with Gasteiger partial charge < -0.3 is 14.8 Å². The maximum atomic E-state index is 5.47. The van der Waals surface area contributed by atoms with E-state index in [4.69, 9.17) is 9.47 Å². The Bertz CT molecular complexity index is 345. The molecule has 0 aromatic carbocycles. The molecule has 5 heteroatoms. The lowest BCUT2D eigenvalue weighted by atomic mass is 10.3. The van der Waals surface area contributed by atoms with E-state index in [-0.39, 0.29) is 0 Å². The van der Waals surface area contributed by atoms with Crippen LogP contribution in [0.5, 0.6) is 0 Å². The van der Waals surface area contributed by atoms with Gasteiger partial charge in [-0.25, -0.2) is 9.97 Å². The SMILES string of the molecule is CCCNc1cc(COC)nc(COCCC)n1. The number of nitrogens with zero attached hydrogens (tertiary/aromatic N) is 2. The van der Waals surface area contributed by atoms with E-state index in [0.717, 1.165) is 37.5 Å². The van der Waals surface area contributed by atoms with Gasteiger partial charge in [0.1, 0.15) is 12.4 Å². The Morgan fingerprint density at radius 2 is 2.00 bits per heavy atom. The summed E-state index contributed by atoms with van der Waals surface area (Å²) >= 11 is 0. The summed E-state index contributed by atoms with van der Waals surface area (Å²) in [6, 6.07) is 1.92. The van der Waals surface area contributed by atoms with E-state index in [1.165, 1.54) is 0 Å². The third-order valence-electron chi connectivity index (χ3n) is 2.25. The molecule has 0 bridgehead atoms. The number of aromatic nitrogens is 2. The molecule has 1 heterocycles. The highest BCUT2D eigenvalue weighted by molar-refractivity contribution is 5.35. The maximum Gasteiger partial charge on any atom is 0.156 e. The second kappa shape index (κ2) is 8.83. The van der Waals surface area contributed by atoms with Gasteiger partial charge >= 0.3 is 0 Å². The van der Waals surface area contributed by atoms with Crippen LogP contribution in [0.2, 0.25) is 0 Å². The van der Waals surface area contributed by atoms with Gasteiger partial charge in [0, 0.05) is 26.3 Å². The average molecular weight is 253 g/mol. The van der Waals surface area contributed by atoms with Crippen LogP contribution < -0.4 is 5.32 Å². The zero-order valence-electron chi connectivity index (χ0n) is 11.5. The molecule has 0 aliphatic rings. The van der Waals surface area contributed by atoms with Crippen LogP contribution >= 0.6 is 0 Å². The van der Waals surface area contributed by atoms with E-state index >= 15 is 0 Å². The number of anilines is 1. The molecule has 0 atom stereocenters. The van der Waals surface area contributed by atoms with Gasteiger partial charge in [0.25, 0.3) is 0 Å². The van der Waals surface area contributed by atoms with Gasteiger partial charge in [-0.3, -0.25) is 0 Å². The minimum absolute atomic E-state index is 0.451. The number of nitrogens with one attached hydrogen (secondary N) is 1. The van der Waals surface area contributed by atoms with E-state index in [0.29, 0.717) is 19.0 Å². The average Bonchev–Trinajstić information content (AvgIpc) is 2.37. The van der Waals surface area contributed by atoms with Gasteiger partial charge in [0.15, 0.2) is 5.82 Å². The van der Waals surface area contributed by atoms with Crippen LogP contribution in [-0.4, -0.2) is 30.2 Å². The highest BCUT2D eigenvalue weighted by Gasteiger charge is 2.04. The topological polar surface area (TPSA) is 56.3 Å². The lowest BCUT2D eigenvalue weighted by molar-refractivity contribution is 0.115. The van der Waals surface area contributed by atoms with Gasteiger partial charge in [0.05, 0.1) is 12.3 Å². The van der Waals surface area contributed by atoms with Gasteiger partial charge in [-0.2, -0.15) is 0 Å². The Labute approximate surface area is 109 Å². The zero-order valence-corrected chi connectivity index (χ0v) is 11.5. The lowest BCUT2D eigenvalue weighted by Crippen LogP contribution is -2.09. The van der Waals surface area contributed by atoms with Crippen molar-refractivity contribution in [3.63, 3.8) is 0 Å². The molecular formula is C13H23N3O2. The van der Waals surface area contributed by atoms with Crippen LogP contribution in [0.1, 0.15) is 38.2 Å². The Kier molecular flexibility index (Phi) is 7.29. The van der Waals surface area contributed by atoms with Crippen LogP contribution in [0, 0.1) is 0 Å². The van der Waals surface area contributed by atoms with Crippen LogP contribution in [-0.2, 0) is 22.7 Å². The Morgan fingerprint density at radius 1 is 1.17 bits per heavy atom. The molecular weight excluding hydrogens is 230 g/mol. The van der Waals surface area contributed by atoms with Gasteiger partial charge in [-0.1, -0.05) is 13.8 Å². The number of hydrogen-bond acceptors (Lipinski definition) is 5. The molecule has 0 aliphatic carbocycles. The minimum atomic E-state index is 0.451. The maximum absolute atomic E-state index is 5.47. The molecule has 0 saturated heterocycles. The molecule has 0 radical (unpaired) electrons. The molecule has 18 heavy (non-hydrogen) atoms.